The molecule has 2 aromatic carbocycles. The predicted molar refractivity (Wildman–Crippen MR) is 145 cm³/mol. The van der Waals surface area contributed by atoms with Gasteiger partial charge in [-0.25, -0.2) is 0 Å². The highest BCUT2D eigenvalue weighted by molar-refractivity contribution is 5.57. The lowest BCUT2D eigenvalue weighted by Crippen LogP contribution is -2.02. The summed E-state index contributed by atoms with van der Waals surface area (Å²) in [5.74, 6) is 1.90. The van der Waals surface area contributed by atoms with Gasteiger partial charge >= 0.3 is 0 Å². The van der Waals surface area contributed by atoms with E-state index in [1.54, 1.807) is 6.21 Å². The summed E-state index contributed by atoms with van der Waals surface area (Å²) in [5.41, 5.74) is 4.85. The van der Waals surface area contributed by atoms with Crippen LogP contribution in [0.1, 0.15) is 67.7 Å². The SMILES string of the molecule is C/C=C/COc1cc(C)c(OCCCCCCCCc2ccc(COCC=NOC)cc2)c(C)c1. The molecule has 192 valence electrons. The first-order valence-corrected chi connectivity index (χ1v) is 12.8. The van der Waals surface area contributed by atoms with E-state index in [1.165, 1.54) is 50.3 Å². The number of oxime groups is 1. The number of rotatable bonds is 18. The van der Waals surface area contributed by atoms with Gasteiger partial charge in [0.25, 0.3) is 0 Å². The molecule has 2 rings (SSSR count). The molecule has 5 heteroatoms. The zero-order valence-corrected chi connectivity index (χ0v) is 22.1. The number of unbranched alkanes of at least 4 members (excludes halogenated alkanes) is 5. The van der Waals surface area contributed by atoms with Crippen molar-refractivity contribution in [3.63, 3.8) is 0 Å². The van der Waals surface area contributed by atoms with Crippen molar-refractivity contribution in [2.45, 2.75) is 72.3 Å². The minimum atomic E-state index is 0.459. The third-order valence-corrected chi connectivity index (χ3v) is 5.79. The highest BCUT2D eigenvalue weighted by Gasteiger charge is 2.07. The first kappa shape index (κ1) is 28.4. The number of allylic oxidation sites excluding steroid dienone is 1. The summed E-state index contributed by atoms with van der Waals surface area (Å²) < 4.78 is 17.4. The van der Waals surface area contributed by atoms with Crippen molar-refractivity contribution in [2.75, 3.05) is 26.9 Å². The lowest BCUT2D eigenvalue weighted by molar-refractivity contribution is 0.154. The second-order valence-corrected chi connectivity index (χ2v) is 8.79. The topological polar surface area (TPSA) is 49.3 Å². The van der Waals surface area contributed by atoms with Crippen molar-refractivity contribution in [1.82, 2.24) is 0 Å². The van der Waals surface area contributed by atoms with E-state index >= 15 is 0 Å². The van der Waals surface area contributed by atoms with Gasteiger partial charge in [0, 0.05) is 0 Å². The average molecular weight is 482 g/mol. The molecule has 0 amide bonds. The van der Waals surface area contributed by atoms with Crippen LogP contribution in [0.2, 0.25) is 0 Å². The van der Waals surface area contributed by atoms with Gasteiger partial charge in [0.15, 0.2) is 0 Å². The lowest BCUT2D eigenvalue weighted by Gasteiger charge is -2.14. The van der Waals surface area contributed by atoms with Gasteiger partial charge in [-0.15, -0.1) is 0 Å². The number of benzene rings is 2. The van der Waals surface area contributed by atoms with Crippen LogP contribution in [0.25, 0.3) is 0 Å². The van der Waals surface area contributed by atoms with Crippen molar-refractivity contribution in [3.05, 3.63) is 70.8 Å². The molecule has 2 aromatic rings. The Morgan fingerprint density at radius 1 is 0.800 bits per heavy atom. The average Bonchev–Trinajstić information content (AvgIpc) is 2.85. The van der Waals surface area contributed by atoms with E-state index in [2.05, 4.69) is 60.2 Å². The maximum atomic E-state index is 6.09. The highest BCUT2D eigenvalue weighted by atomic mass is 16.6. The Morgan fingerprint density at radius 2 is 1.46 bits per heavy atom. The first-order valence-electron chi connectivity index (χ1n) is 12.8. The van der Waals surface area contributed by atoms with Crippen molar-refractivity contribution in [2.24, 2.45) is 5.16 Å². The van der Waals surface area contributed by atoms with E-state index < -0.39 is 0 Å². The Balaban J connectivity index is 1.53. The van der Waals surface area contributed by atoms with Crippen molar-refractivity contribution in [3.8, 4) is 11.5 Å². The van der Waals surface area contributed by atoms with Gasteiger partial charge < -0.3 is 19.0 Å². The van der Waals surface area contributed by atoms with Crippen molar-refractivity contribution < 1.29 is 19.0 Å². The van der Waals surface area contributed by atoms with Gasteiger partial charge in [-0.2, -0.15) is 0 Å². The molecular formula is C30H43NO4. The molecule has 0 fully saturated rings. The first-order chi connectivity index (χ1) is 17.1. The van der Waals surface area contributed by atoms with Gasteiger partial charge in [-0.1, -0.05) is 67.3 Å². The maximum absolute atomic E-state index is 6.09. The monoisotopic (exact) mass is 481 g/mol. The van der Waals surface area contributed by atoms with E-state index in [-0.39, 0.29) is 0 Å². The smallest absolute Gasteiger partial charge is 0.125 e. The molecule has 0 atom stereocenters. The molecule has 5 nitrogen and oxygen atoms in total. The number of nitrogens with zero attached hydrogens (tertiary/aromatic N) is 1. The van der Waals surface area contributed by atoms with Gasteiger partial charge in [0.2, 0.25) is 0 Å². The summed E-state index contributed by atoms with van der Waals surface area (Å²) in [6.45, 7) is 8.60. The van der Waals surface area contributed by atoms with E-state index in [0.717, 1.165) is 42.1 Å². The van der Waals surface area contributed by atoms with Crippen molar-refractivity contribution in [1.29, 1.82) is 0 Å². The number of hydrogen-bond donors (Lipinski definition) is 0. The minimum absolute atomic E-state index is 0.459. The minimum Gasteiger partial charge on any atom is -0.493 e. The van der Waals surface area contributed by atoms with E-state index in [1.807, 2.05) is 19.1 Å². The van der Waals surface area contributed by atoms with E-state index in [4.69, 9.17) is 14.2 Å². The fourth-order valence-corrected chi connectivity index (χ4v) is 3.91. The van der Waals surface area contributed by atoms with Crippen LogP contribution in [0.4, 0.5) is 0 Å². The van der Waals surface area contributed by atoms with Crippen LogP contribution in [-0.2, 0) is 22.6 Å². The highest BCUT2D eigenvalue weighted by Crippen LogP contribution is 2.28. The zero-order chi connectivity index (χ0) is 25.1. The molecule has 0 aliphatic heterocycles. The molecular weight excluding hydrogens is 438 g/mol. The Labute approximate surface area is 212 Å². The molecule has 0 aliphatic rings. The number of hydrogen-bond acceptors (Lipinski definition) is 5. The Bertz CT molecular complexity index is 867. The fourth-order valence-electron chi connectivity index (χ4n) is 3.91. The van der Waals surface area contributed by atoms with Crippen LogP contribution < -0.4 is 9.47 Å². The van der Waals surface area contributed by atoms with Gasteiger partial charge in [-0.05, 0) is 74.4 Å². The van der Waals surface area contributed by atoms with Crippen LogP contribution in [0.5, 0.6) is 11.5 Å². The Hall–Kier alpha value is -2.79. The molecule has 0 saturated heterocycles. The normalized spacial score (nSPS) is 11.4. The summed E-state index contributed by atoms with van der Waals surface area (Å²) in [4.78, 5) is 4.61. The third kappa shape index (κ3) is 11.9. The van der Waals surface area contributed by atoms with Crippen LogP contribution in [-0.4, -0.2) is 33.1 Å². The predicted octanol–water partition coefficient (Wildman–Crippen LogP) is 7.37. The van der Waals surface area contributed by atoms with E-state index in [9.17, 15) is 0 Å². The van der Waals surface area contributed by atoms with Gasteiger partial charge in [0.05, 0.1) is 26.0 Å². The molecule has 0 saturated carbocycles. The molecule has 0 N–H and O–H groups in total. The van der Waals surface area contributed by atoms with Crippen LogP contribution in [0.3, 0.4) is 0 Å². The number of aryl methyl sites for hydroxylation is 3. The lowest BCUT2D eigenvalue weighted by atomic mass is 10.0. The van der Waals surface area contributed by atoms with Gasteiger partial charge in [-0.3, -0.25) is 0 Å². The van der Waals surface area contributed by atoms with Gasteiger partial charge in [0.1, 0.15) is 25.2 Å². The molecule has 0 spiro atoms. The molecule has 0 bridgehead atoms. The summed E-state index contributed by atoms with van der Waals surface area (Å²) in [6.07, 6.45) is 14.1. The third-order valence-electron chi connectivity index (χ3n) is 5.79. The molecule has 0 heterocycles. The van der Waals surface area contributed by atoms with Crippen LogP contribution >= 0.6 is 0 Å². The van der Waals surface area contributed by atoms with Crippen LogP contribution in [0.15, 0.2) is 53.7 Å². The maximum Gasteiger partial charge on any atom is 0.125 e. The quantitative estimate of drug-likeness (QED) is 0.0965. The fraction of sp³-hybridized carbons (Fsp3) is 0.500. The molecule has 0 unspecified atom stereocenters. The van der Waals surface area contributed by atoms with E-state index in [0.29, 0.717) is 19.8 Å². The molecule has 35 heavy (non-hydrogen) atoms. The summed E-state index contributed by atoms with van der Waals surface area (Å²) in [5, 5.41) is 3.66. The summed E-state index contributed by atoms with van der Waals surface area (Å²) >= 11 is 0. The zero-order valence-electron chi connectivity index (χ0n) is 22.1. The molecule has 0 radical (unpaired) electrons. The number of ether oxygens (including phenoxy) is 3. The standard InChI is InChI=1S/C30H43NO4/c1-5-6-19-34-29-22-25(2)30(26(3)23-29)35-20-12-10-8-7-9-11-13-27-14-16-28(17-15-27)24-33-21-18-31-32-4/h5-6,14-18,22-23H,7-13,19-21,24H2,1-4H3/b6-5+,31-18?. The second-order valence-electron chi connectivity index (χ2n) is 8.79. The molecule has 0 aliphatic carbocycles. The summed E-state index contributed by atoms with van der Waals surface area (Å²) in [6, 6.07) is 12.8. The van der Waals surface area contributed by atoms with Crippen LogP contribution in [0, 0.1) is 13.8 Å². The molecule has 0 aromatic heterocycles. The Kier molecular flexibility index (Phi) is 14.3. The summed E-state index contributed by atoms with van der Waals surface area (Å²) in [7, 11) is 1.53. The van der Waals surface area contributed by atoms with Crippen molar-refractivity contribution >= 4 is 6.21 Å². The second kappa shape index (κ2) is 17.6. The largest absolute Gasteiger partial charge is 0.493 e. The Morgan fingerprint density at radius 3 is 2.14 bits per heavy atom.